The highest BCUT2D eigenvalue weighted by atomic mass is 32.2. The third-order valence-corrected chi connectivity index (χ3v) is 5.14. The molecule has 1 saturated heterocycles. The van der Waals surface area contributed by atoms with Gasteiger partial charge in [-0.1, -0.05) is 23.8 Å². The van der Waals surface area contributed by atoms with Crippen LogP contribution in [0.5, 0.6) is 0 Å². The molecular weight excluding hydrogens is 268 g/mol. The number of thioether (sulfide) groups is 1. The number of aryl methyl sites for hydroxylation is 2. The van der Waals surface area contributed by atoms with Crippen LogP contribution in [0.4, 0.5) is 0 Å². The number of amides is 1. The molecule has 110 valence electrons. The second-order valence-corrected chi connectivity index (χ2v) is 7.64. The molecule has 4 heteroatoms. The van der Waals surface area contributed by atoms with Crippen LogP contribution < -0.4 is 5.32 Å². The number of hydrogen-bond donors (Lipinski definition) is 1. The fourth-order valence-corrected chi connectivity index (χ4v) is 2.87. The Morgan fingerprint density at radius 1 is 1.40 bits per heavy atom. The predicted octanol–water partition coefficient (Wildman–Crippen LogP) is 2.88. The summed E-state index contributed by atoms with van der Waals surface area (Å²) in [5.74, 6) is 0.192. The minimum absolute atomic E-state index is 0.00882. The maximum Gasteiger partial charge on any atom is 0.238 e. The van der Waals surface area contributed by atoms with E-state index in [1.807, 2.05) is 4.90 Å². The number of hydrogen-bond acceptors (Lipinski definition) is 3. The summed E-state index contributed by atoms with van der Waals surface area (Å²) < 4.78 is 0.0680. The molecule has 1 aromatic rings. The molecule has 0 spiro atoms. The molecule has 1 fully saturated rings. The predicted molar refractivity (Wildman–Crippen MR) is 86.0 cm³/mol. The van der Waals surface area contributed by atoms with Gasteiger partial charge in [0.2, 0.25) is 5.91 Å². The second kappa shape index (κ2) is 5.78. The lowest BCUT2D eigenvalue weighted by atomic mass is 10.0. The van der Waals surface area contributed by atoms with E-state index in [2.05, 4.69) is 57.5 Å². The van der Waals surface area contributed by atoms with E-state index in [1.54, 1.807) is 11.8 Å². The quantitative estimate of drug-likeness (QED) is 0.926. The van der Waals surface area contributed by atoms with Crippen LogP contribution in [-0.2, 0) is 4.79 Å². The van der Waals surface area contributed by atoms with Crippen molar-refractivity contribution in [2.75, 3.05) is 19.3 Å². The lowest BCUT2D eigenvalue weighted by Crippen LogP contribution is -2.40. The van der Waals surface area contributed by atoms with Gasteiger partial charge in [-0.05, 0) is 45.1 Å². The van der Waals surface area contributed by atoms with Gasteiger partial charge in [-0.3, -0.25) is 10.1 Å². The zero-order valence-corrected chi connectivity index (χ0v) is 13.8. The molecule has 1 atom stereocenters. The van der Waals surface area contributed by atoms with E-state index < -0.39 is 0 Å². The van der Waals surface area contributed by atoms with Crippen molar-refractivity contribution in [3.63, 3.8) is 0 Å². The summed E-state index contributed by atoms with van der Waals surface area (Å²) in [4.78, 5) is 14.2. The molecule has 1 aliphatic rings. The van der Waals surface area contributed by atoms with Gasteiger partial charge in [-0.25, -0.2) is 0 Å². The Morgan fingerprint density at radius 3 is 2.70 bits per heavy atom. The fourth-order valence-electron chi connectivity index (χ4n) is 2.60. The highest BCUT2D eigenvalue weighted by Gasteiger charge is 2.35. The molecule has 1 amide bonds. The Balaban J connectivity index is 2.28. The van der Waals surface area contributed by atoms with Gasteiger partial charge in [-0.15, -0.1) is 0 Å². The van der Waals surface area contributed by atoms with Crippen LogP contribution in [0.1, 0.15) is 36.7 Å². The summed E-state index contributed by atoms with van der Waals surface area (Å²) in [7, 11) is 0. The van der Waals surface area contributed by atoms with Crippen molar-refractivity contribution in [1.29, 1.82) is 0 Å². The van der Waals surface area contributed by atoms with E-state index in [4.69, 9.17) is 0 Å². The Kier molecular flexibility index (Phi) is 4.45. The Bertz CT molecular complexity index is 513. The summed E-state index contributed by atoms with van der Waals surface area (Å²) >= 11 is 1.80. The topological polar surface area (TPSA) is 32.3 Å². The van der Waals surface area contributed by atoms with Crippen LogP contribution in [0.3, 0.4) is 0 Å². The summed E-state index contributed by atoms with van der Waals surface area (Å²) in [6.45, 7) is 9.77. The van der Waals surface area contributed by atoms with Crippen LogP contribution >= 0.6 is 11.8 Å². The van der Waals surface area contributed by atoms with Crippen molar-refractivity contribution in [3.8, 4) is 0 Å². The van der Waals surface area contributed by atoms with Crippen molar-refractivity contribution in [1.82, 2.24) is 10.2 Å². The number of benzene rings is 1. The van der Waals surface area contributed by atoms with Crippen LogP contribution in [0.15, 0.2) is 18.2 Å². The zero-order chi connectivity index (χ0) is 14.9. The third kappa shape index (κ3) is 3.18. The van der Waals surface area contributed by atoms with Crippen LogP contribution in [0.25, 0.3) is 0 Å². The number of nitrogens with zero attached hydrogens (tertiary/aromatic N) is 1. The number of carbonyl (C=O) groups excluding carboxylic acids is 1. The zero-order valence-electron chi connectivity index (χ0n) is 13.0. The van der Waals surface area contributed by atoms with Crippen molar-refractivity contribution in [2.45, 2.75) is 38.6 Å². The van der Waals surface area contributed by atoms with Gasteiger partial charge in [0.1, 0.15) is 6.17 Å². The summed E-state index contributed by atoms with van der Waals surface area (Å²) in [6, 6.07) is 6.43. The Hall–Kier alpha value is -1.00. The standard InChI is InChI=1S/C16H24N2OS/c1-11-6-7-13(12(2)8-11)15-17-9-14(19)18(15)10-16(3,4)20-5/h6-8,15,17H,9-10H2,1-5H3. The Labute approximate surface area is 126 Å². The molecule has 0 bridgehead atoms. The molecule has 1 heterocycles. The van der Waals surface area contributed by atoms with Gasteiger partial charge in [0.05, 0.1) is 6.54 Å². The van der Waals surface area contributed by atoms with Crippen molar-refractivity contribution in [2.24, 2.45) is 0 Å². The van der Waals surface area contributed by atoms with Gasteiger partial charge in [0.25, 0.3) is 0 Å². The first-order valence-corrected chi connectivity index (χ1v) is 8.22. The molecule has 1 aromatic carbocycles. The lowest BCUT2D eigenvalue weighted by Gasteiger charge is -2.33. The van der Waals surface area contributed by atoms with Crippen molar-refractivity contribution < 1.29 is 4.79 Å². The van der Waals surface area contributed by atoms with Gasteiger partial charge < -0.3 is 4.90 Å². The molecule has 0 saturated carbocycles. The highest BCUT2D eigenvalue weighted by Crippen LogP contribution is 2.30. The van der Waals surface area contributed by atoms with Crippen molar-refractivity contribution in [3.05, 3.63) is 34.9 Å². The smallest absolute Gasteiger partial charge is 0.238 e. The summed E-state index contributed by atoms with van der Waals surface area (Å²) in [5.41, 5.74) is 3.70. The van der Waals surface area contributed by atoms with E-state index in [1.165, 1.54) is 16.7 Å². The SMILES string of the molecule is CSC(C)(C)CN1C(=O)CNC1c1ccc(C)cc1C. The third-order valence-electron chi connectivity index (χ3n) is 3.90. The second-order valence-electron chi connectivity index (χ2n) is 6.13. The van der Waals surface area contributed by atoms with E-state index in [0.29, 0.717) is 6.54 Å². The number of rotatable bonds is 4. The highest BCUT2D eigenvalue weighted by molar-refractivity contribution is 7.99. The number of nitrogens with one attached hydrogen (secondary N) is 1. The summed E-state index contributed by atoms with van der Waals surface area (Å²) in [5, 5.41) is 3.35. The van der Waals surface area contributed by atoms with Crippen molar-refractivity contribution >= 4 is 17.7 Å². The maximum absolute atomic E-state index is 12.2. The van der Waals surface area contributed by atoms with Crippen LogP contribution in [0.2, 0.25) is 0 Å². The molecule has 20 heavy (non-hydrogen) atoms. The monoisotopic (exact) mass is 292 g/mol. The minimum atomic E-state index is 0.00882. The normalized spacial score (nSPS) is 19.8. The first kappa shape index (κ1) is 15.4. The van der Waals surface area contributed by atoms with E-state index in [9.17, 15) is 4.79 Å². The van der Waals surface area contributed by atoms with E-state index >= 15 is 0 Å². The maximum atomic E-state index is 12.2. The molecule has 0 aliphatic carbocycles. The average molecular weight is 292 g/mol. The molecule has 1 unspecified atom stereocenters. The number of carbonyl (C=O) groups is 1. The molecule has 0 radical (unpaired) electrons. The Morgan fingerprint density at radius 2 is 2.10 bits per heavy atom. The fraction of sp³-hybridized carbons (Fsp3) is 0.562. The van der Waals surface area contributed by atoms with Gasteiger partial charge in [-0.2, -0.15) is 11.8 Å². The lowest BCUT2D eigenvalue weighted by molar-refractivity contribution is -0.128. The van der Waals surface area contributed by atoms with E-state index in [0.717, 1.165) is 6.54 Å². The molecule has 1 aliphatic heterocycles. The van der Waals surface area contributed by atoms with Gasteiger partial charge in [0.15, 0.2) is 0 Å². The first-order chi connectivity index (χ1) is 9.34. The molecule has 1 N–H and O–H groups in total. The average Bonchev–Trinajstić information content (AvgIpc) is 2.71. The van der Waals surface area contributed by atoms with Gasteiger partial charge >= 0.3 is 0 Å². The molecule has 2 rings (SSSR count). The van der Waals surface area contributed by atoms with E-state index in [-0.39, 0.29) is 16.8 Å². The largest absolute Gasteiger partial charge is 0.320 e. The summed E-state index contributed by atoms with van der Waals surface area (Å²) in [6.07, 6.45) is 2.11. The molecule has 0 aromatic heterocycles. The molecular formula is C16H24N2OS. The van der Waals surface area contributed by atoms with Gasteiger partial charge in [0, 0.05) is 11.3 Å². The van der Waals surface area contributed by atoms with Crippen LogP contribution in [0, 0.1) is 13.8 Å². The minimum Gasteiger partial charge on any atom is -0.320 e. The first-order valence-electron chi connectivity index (χ1n) is 6.99. The van der Waals surface area contributed by atoms with Crippen LogP contribution in [-0.4, -0.2) is 34.9 Å². The molecule has 3 nitrogen and oxygen atoms in total.